The number of rotatable bonds is 5. The number of benzene rings is 1. The standard InChI is InChI=1S/C20H25N3O2/c1-15-3-4-19(18(13-15)20(24)21-2)25-17-7-11-23(12-8-17)14-16-5-9-22-10-6-16/h3-6,9-10,13,17H,7-8,11-12,14H2,1-2H3,(H,21,24). The molecule has 0 unspecified atom stereocenters. The van der Waals surface area contributed by atoms with E-state index in [1.807, 2.05) is 37.5 Å². The first-order valence-electron chi connectivity index (χ1n) is 8.76. The van der Waals surface area contributed by atoms with Gasteiger partial charge in [0.25, 0.3) is 5.91 Å². The van der Waals surface area contributed by atoms with Crippen molar-refractivity contribution in [2.24, 2.45) is 0 Å². The highest BCUT2D eigenvalue weighted by Crippen LogP contribution is 2.25. The molecule has 1 amide bonds. The fraction of sp³-hybridized carbons (Fsp3) is 0.400. The van der Waals surface area contributed by atoms with Crippen LogP contribution in [-0.4, -0.2) is 42.0 Å². The Morgan fingerprint density at radius 3 is 2.64 bits per heavy atom. The van der Waals surface area contributed by atoms with Crippen LogP contribution in [0.2, 0.25) is 0 Å². The normalized spacial score (nSPS) is 15.8. The van der Waals surface area contributed by atoms with E-state index in [4.69, 9.17) is 4.74 Å². The summed E-state index contributed by atoms with van der Waals surface area (Å²) in [5, 5.41) is 2.69. The predicted molar refractivity (Wildman–Crippen MR) is 97.7 cm³/mol. The van der Waals surface area contributed by atoms with Crippen molar-refractivity contribution < 1.29 is 9.53 Å². The van der Waals surface area contributed by atoms with Gasteiger partial charge in [0.05, 0.1) is 5.56 Å². The highest BCUT2D eigenvalue weighted by Gasteiger charge is 2.22. The molecule has 5 nitrogen and oxygen atoms in total. The van der Waals surface area contributed by atoms with Crippen molar-refractivity contribution in [2.75, 3.05) is 20.1 Å². The number of aromatic nitrogens is 1. The number of carbonyl (C=O) groups excluding carboxylic acids is 1. The fourth-order valence-electron chi connectivity index (χ4n) is 3.17. The minimum absolute atomic E-state index is 0.103. The highest BCUT2D eigenvalue weighted by molar-refractivity contribution is 5.96. The molecule has 0 atom stereocenters. The lowest BCUT2D eigenvalue weighted by molar-refractivity contribution is 0.0897. The van der Waals surface area contributed by atoms with Crippen LogP contribution in [-0.2, 0) is 6.54 Å². The number of hydrogen-bond acceptors (Lipinski definition) is 4. The molecule has 1 aromatic carbocycles. The highest BCUT2D eigenvalue weighted by atomic mass is 16.5. The van der Waals surface area contributed by atoms with Crippen LogP contribution >= 0.6 is 0 Å². The monoisotopic (exact) mass is 339 g/mol. The van der Waals surface area contributed by atoms with Gasteiger partial charge in [-0.1, -0.05) is 11.6 Å². The SMILES string of the molecule is CNC(=O)c1cc(C)ccc1OC1CCN(Cc2ccncc2)CC1. The Hall–Kier alpha value is -2.40. The van der Waals surface area contributed by atoms with E-state index >= 15 is 0 Å². The summed E-state index contributed by atoms with van der Waals surface area (Å²) in [6, 6.07) is 9.89. The molecule has 25 heavy (non-hydrogen) atoms. The number of likely N-dealkylation sites (tertiary alicyclic amines) is 1. The maximum atomic E-state index is 12.1. The third kappa shape index (κ3) is 4.57. The first-order chi connectivity index (χ1) is 12.2. The molecule has 1 fully saturated rings. The van der Waals surface area contributed by atoms with Gasteiger partial charge in [-0.25, -0.2) is 0 Å². The number of nitrogens with zero attached hydrogens (tertiary/aromatic N) is 2. The molecule has 0 bridgehead atoms. The lowest BCUT2D eigenvalue weighted by Crippen LogP contribution is -2.38. The summed E-state index contributed by atoms with van der Waals surface area (Å²) in [7, 11) is 1.64. The predicted octanol–water partition coefficient (Wildman–Crippen LogP) is 2.79. The summed E-state index contributed by atoms with van der Waals surface area (Å²) in [6.45, 7) is 4.92. The Morgan fingerprint density at radius 2 is 1.96 bits per heavy atom. The molecule has 1 aliphatic heterocycles. The molecule has 1 aliphatic rings. The number of aryl methyl sites for hydroxylation is 1. The number of carbonyl (C=O) groups is 1. The lowest BCUT2D eigenvalue weighted by Gasteiger charge is -2.32. The van der Waals surface area contributed by atoms with Crippen molar-refractivity contribution in [3.05, 3.63) is 59.4 Å². The summed E-state index contributed by atoms with van der Waals surface area (Å²) < 4.78 is 6.17. The van der Waals surface area contributed by atoms with E-state index < -0.39 is 0 Å². The van der Waals surface area contributed by atoms with Crippen LogP contribution in [0.3, 0.4) is 0 Å². The number of amides is 1. The Kier molecular flexibility index (Phi) is 5.66. The third-order valence-electron chi connectivity index (χ3n) is 4.59. The van der Waals surface area contributed by atoms with Crippen LogP contribution in [0.1, 0.15) is 34.3 Å². The third-order valence-corrected chi connectivity index (χ3v) is 4.59. The van der Waals surface area contributed by atoms with Gasteiger partial charge in [-0.2, -0.15) is 0 Å². The van der Waals surface area contributed by atoms with Crippen LogP contribution in [0.5, 0.6) is 5.75 Å². The van der Waals surface area contributed by atoms with E-state index in [0.29, 0.717) is 11.3 Å². The van der Waals surface area contributed by atoms with Gasteiger partial charge >= 0.3 is 0 Å². The van der Waals surface area contributed by atoms with E-state index in [-0.39, 0.29) is 12.0 Å². The van der Waals surface area contributed by atoms with Crippen molar-refractivity contribution in [1.82, 2.24) is 15.2 Å². The number of hydrogen-bond donors (Lipinski definition) is 1. The van der Waals surface area contributed by atoms with Crippen molar-refractivity contribution in [2.45, 2.75) is 32.4 Å². The summed E-state index contributed by atoms with van der Waals surface area (Å²) in [4.78, 5) is 18.6. The maximum absolute atomic E-state index is 12.1. The zero-order valence-electron chi connectivity index (χ0n) is 14.9. The van der Waals surface area contributed by atoms with E-state index in [1.54, 1.807) is 7.05 Å². The molecule has 0 radical (unpaired) electrons. The smallest absolute Gasteiger partial charge is 0.254 e. The molecule has 0 spiro atoms. The van der Waals surface area contributed by atoms with Crippen LogP contribution in [0.15, 0.2) is 42.7 Å². The van der Waals surface area contributed by atoms with Gasteiger partial charge in [0.15, 0.2) is 0 Å². The zero-order valence-corrected chi connectivity index (χ0v) is 14.9. The van der Waals surface area contributed by atoms with Gasteiger partial charge in [0.1, 0.15) is 11.9 Å². The minimum Gasteiger partial charge on any atom is -0.489 e. The Morgan fingerprint density at radius 1 is 1.24 bits per heavy atom. The second-order valence-electron chi connectivity index (χ2n) is 6.53. The van der Waals surface area contributed by atoms with E-state index in [9.17, 15) is 4.79 Å². The lowest BCUT2D eigenvalue weighted by atomic mass is 10.1. The van der Waals surface area contributed by atoms with Crippen LogP contribution in [0.25, 0.3) is 0 Å². The van der Waals surface area contributed by atoms with Gasteiger partial charge < -0.3 is 10.1 Å². The molecule has 0 aliphatic carbocycles. The first-order valence-corrected chi connectivity index (χ1v) is 8.76. The summed E-state index contributed by atoms with van der Waals surface area (Å²) in [5.74, 6) is 0.575. The molecule has 3 rings (SSSR count). The van der Waals surface area contributed by atoms with Crippen molar-refractivity contribution in [3.63, 3.8) is 0 Å². The van der Waals surface area contributed by atoms with Gasteiger partial charge in [0, 0.05) is 39.1 Å². The van der Waals surface area contributed by atoms with Crippen LogP contribution in [0, 0.1) is 6.92 Å². The van der Waals surface area contributed by atoms with E-state index in [0.717, 1.165) is 38.0 Å². The number of ether oxygens (including phenoxy) is 1. The van der Waals surface area contributed by atoms with Crippen LogP contribution in [0.4, 0.5) is 0 Å². The molecular formula is C20H25N3O2. The molecule has 0 saturated carbocycles. The first kappa shape index (κ1) is 17.4. The molecule has 1 aromatic heterocycles. The molecule has 132 valence electrons. The molecule has 2 aromatic rings. The molecule has 5 heteroatoms. The van der Waals surface area contributed by atoms with Crippen molar-refractivity contribution in [1.29, 1.82) is 0 Å². The second kappa shape index (κ2) is 8.12. The molecular weight excluding hydrogens is 314 g/mol. The van der Waals surface area contributed by atoms with Crippen LogP contribution < -0.4 is 10.1 Å². The average molecular weight is 339 g/mol. The minimum atomic E-state index is -0.103. The Balaban J connectivity index is 1.58. The largest absolute Gasteiger partial charge is 0.489 e. The van der Waals surface area contributed by atoms with Gasteiger partial charge in [0.2, 0.25) is 0 Å². The van der Waals surface area contributed by atoms with Crippen molar-refractivity contribution in [3.8, 4) is 5.75 Å². The summed E-state index contributed by atoms with van der Waals surface area (Å²) in [5.41, 5.74) is 2.95. The van der Waals surface area contributed by atoms with Gasteiger partial charge in [-0.3, -0.25) is 14.7 Å². The van der Waals surface area contributed by atoms with Gasteiger partial charge in [-0.15, -0.1) is 0 Å². The zero-order chi connectivity index (χ0) is 17.6. The summed E-state index contributed by atoms with van der Waals surface area (Å²) >= 11 is 0. The second-order valence-corrected chi connectivity index (χ2v) is 6.53. The Labute approximate surface area is 149 Å². The average Bonchev–Trinajstić information content (AvgIpc) is 2.65. The maximum Gasteiger partial charge on any atom is 0.254 e. The van der Waals surface area contributed by atoms with Crippen molar-refractivity contribution >= 4 is 5.91 Å². The topological polar surface area (TPSA) is 54.5 Å². The molecule has 1 N–H and O–H groups in total. The number of nitrogens with one attached hydrogen (secondary N) is 1. The Bertz CT molecular complexity index is 710. The van der Waals surface area contributed by atoms with E-state index in [2.05, 4.69) is 27.3 Å². The quantitative estimate of drug-likeness (QED) is 0.910. The van der Waals surface area contributed by atoms with Gasteiger partial charge in [-0.05, 0) is 49.6 Å². The molecule has 2 heterocycles. The van der Waals surface area contributed by atoms with E-state index in [1.165, 1.54) is 5.56 Å². The number of piperidine rings is 1. The number of pyridine rings is 1. The fourth-order valence-corrected chi connectivity index (χ4v) is 3.17. The summed E-state index contributed by atoms with van der Waals surface area (Å²) in [6.07, 6.45) is 5.75. The molecule has 1 saturated heterocycles.